The maximum atomic E-state index is 13.9. The summed E-state index contributed by atoms with van der Waals surface area (Å²) in [7, 11) is 0. The predicted octanol–water partition coefficient (Wildman–Crippen LogP) is 5.30. The van der Waals surface area contributed by atoms with Crippen molar-refractivity contribution in [2.45, 2.75) is 0 Å². The summed E-state index contributed by atoms with van der Waals surface area (Å²) in [4.78, 5) is 0. The molecule has 0 N–H and O–H groups in total. The van der Waals surface area contributed by atoms with Gasteiger partial charge in [0.15, 0.2) is 11.6 Å². The van der Waals surface area contributed by atoms with Crippen molar-refractivity contribution in [3.63, 3.8) is 0 Å². The third kappa shape index (κ3) is 2.42. The first-order valence-corrected chi connectivity index (χ1v) is 6.62. The number of nitrogens with zero attached hydrogens (tertiary/aromatic N) is 1. The molecule has 0 spiro atoms. The Hall–Kier alpha value is -2.57. The van der Waals surface area contributed by atoms with E-state index in [0.717, 1.165) is 10.8 Å². The third-order valence-electron chi connectivity index (χ3n) is 3.14. The number of fused-ring (bicyclic) bond motifs is 1. The zero-order valence-electron chi connectivity index (χ0n) is 10.8. The van der Waals surface area contributed by atoms with E-state index in [-0.39, 0.29) is 10.8 Å². The first-order valence-electron chi connectivity index (χ1n) is 6.24. The second-order valence-corrected chi connectivity index (χ2v) is 4.83. The van der Waals surface area contributed by atoms with Crippen LogP contribution >= 0.6 is 11.6 Å². The molecule has 4 heteroatoms. The van der Waals surface area contributed by atoms with Gasteiger partial charge in [0.2, 0.25) is 0 Å². The lowest BCUT2D eigenvalue weighted by Gasteiger charge is -2.11. The van der Waals surface area contributed by atoms with E-state index in [1.807, 2.05) is 24.3 Å². The second kappa shape index (κ2) is 5.43. The van der Waals surface area contributed by atoms with Gasteiger partial charge < -0.3 is 4.74 Å². The second-order valence-electron chi connectivity index (χ2n) is 4.42. The number of benzene rings is 3. The van der Waals surface area contributed by atoms with Crippen LogP contribution in [-0.4, -0.2) is 0 Å². The van der Waals surface area contributed by atoms with E-state index in [4.69, 9.17) is 21.6 Å². The Morgan fingerprint density at radius 3 is 2.43 bits per heavy atom. The molecule has 3 aromatic rings. The minimum absolute atomic E-state index is 0.00505. The van der Waals surface area contributed by atoms with Gasteiger partial charge in [-0.2, -0.15) is 5.26 Å². The molecule has 0 bridgehead atoms. The minimum atomic E-state index is -0.604. The molecule has 0 aliphatic rings. The number of rotatable bonds is 2. The molecule has 0 saturated carbocycles. The molecule has 0 aliphatic heterocycles. The summed E-state index contributed by atoms with van der Waals surface area (Å²) in [5, 5.41) is 10.6. The molecule has 2 nitrogen and oxygen atoms in total. The minimum Gasteiger partial charge on any atom is -0.454 e. The van der Waals surface area contributed by atoms with Crippen molar-refractivity contribution in [2.24, 2.45) is 0 Å². The van der Waals surface area contributed by atoms with Crippen LogP contribution in [0.15, 0.2) is 54.6 Å². The van der Waals surface area contributed by atoms with E-state index < -0.39 is 5.82 Å². The lowest BCUT2D eigenvalue weighted by Crippen LogP contribution is -1.91. The van der Waals surface area contributed by atoms with Crippen molar-refractivity contribution in [1.29, 1.82) is 5.26 Å². The Labute approximate surface area is 126 Å². The Kier molecular flexibility index (Phi) is 3.47. The average Bonchev–Trinajstić information content (AvgIpc) is 2.52. The summed E-state index contributed by atoms with van der Waals surface area (Å²) in [5.41, 5.74) is 0.546. The highest BCUT2D eigenvalue weighted by Crippen LogP contribution is 2.34. The van der Waals surface area contributed by atoms with Crippen molar-refractivity contribution in [3.8, 4) is 17.6 Å². The lowest BCUT2D eigenvalue weighted by atomic mass is 10.0. The van der Waals surface area contributed by atoms with Crippen molar-refractivity contribution >= 4 is 22.4 Å². The first kappa shape index (κ1) is 13.4. The van der Waals surface area contributed by atoms with Crippen LogP contribution in [0.4, 0.5) is 4.39 Å². The molecule has 0 atom stereocenters. The summed E-state index contributed by atoms with van der Waals surface area (Å²) in [6, 6.07) is 17.4. The number of hydrogen-bond acceptors (Lipinski definition) is 2. The maximum Gasteiger partial charge on any atom is 0.184 e. The van der Waals surface area contributed by atoms with E-state index in [0.29, 0.717) is 11.3 Å². The largest absolute Gasteiger partial charge is 0.454 e. The van der Waals surface area contributed by atoms with E-state index in [1.54, 1.807) is 18.2 Å². The molecular formula is C17H9ClFNO. The molecule has 0 aromatic heterocycles. The third-order valence-corrected chi connectivity index (χ3v) is 3.43. The fourth-order valence-electron chi connectivity index (χ4n) is 2.14. The van der Waals surface area contributed by atoms with Crippen LogP contribution in [0.3, 0.4) is 0 Å². The van der Waals surface area contributed by atoms with Crippen molar-refractivity contribution < 1.29 is 9.13 Å². The van der Waals surface area contributed by atoms with Gasteiger partial charge in [0.25, 0.3) is 0 Å². The van der Waals surface area contributed by atoms with Crippen LogP contribution in [-0.2, 0) is 0 Å². The summed E-state index contributed by atoms with van der Waals surface area (Å²) in [5.74, 6) is -0.0734. The SMILES string of the molecule is N#Cc1ccc(Oc2cccc(Cl)c2F)c2ccccc12. The topological polar surface area (TPSA) is 33.0 Å². The molecule has 3 aromatic carbocycles. The van der Waals surface area contributed by atoms with Crippen LogP contribution in [0, 0.1) is 17.1 Å². The predicted molar refractivity (Wildman–Crippen MR) is 80.1 cm³/mol. The molecular weight excluding hydrogens is 289 g/mol. The van der Waals surface area contributed by atoms with E-state index in [9.17, 15) is 4.39 Å². The van der Waals surface area contributed by atoms with Crippen LogP contribution in [0.2, 0.25) is 5.02 Å². The number of nitriles is 1. The molecule has 0 saturated heterocycles. The van der Waals surface area contributed by atoms with Crippen molar-refractivity contribution in [1.82, 2.24) is 0 Å². The van der Waals surface area contributed by atoms with Gasteiger partial charge in [-0.05, 0) is 24.3 Å². The Morgan fingerprint density at radius 2 is 1.67 bits per heavy atom. The van der Waals surface area contributed by atoms with Crippen molar-refractivity contribution in [2.75, 3.05) is 0 Å². The Balaban J connectivity index is 2.14. The van der Waals surface area contributed by atoms with Gasteiger partial charge in [0, 0.05) is 10.8 Å². The quantitative estimate of drug-likeness (QED) is 0.643. The maximum absolute atomic E-state index is 13.9. The highest BCUT2D eigenvalue weighted by Gasteiger charge is 2.11. The van der Waals surface area contributed by atoms with Gasteiger partial charge in [0.05, 0.1) is 16.7 Å². The summed E-state index contributed by atoms with van der Waals surface area (Å²) >= 11 is 5.75. The fraction of sp³-hybridized carbons (Fsp3) is 0. The Bertz CT molecular complexity index is 870. The van der Waals surface area contributed by atoms with E-state index >= 15 is 0 Å². The molecule has 0 radical (unpaired) electrons. The highest BCUT2D eigenvalue weighted by molar-refractivity contribution is 6.30. The smallest absolute Gasteiger partial charge is 0.184 e. The zero-order valence-corrected chi connectivity index (χ0v) is 11.6. The molecule has 0 amide bonds. The standard InChI is InChI=1S/C17H9ClFNO/c18-14-6-3-7-16(17(14)19)21-15-9-8-11(10-20)12-4-1-2-5-13(12)15/h1-9H. The van der Waals surface area contributed by atoms with Gasteiger partial charge in [-0.1, -0.05) is 41.9 Å². The molecule has 0 unspecified atom stereocenters. The average molecular weight is 298 g/mol. The number of ether oxygens (including phenoxy) is 1. The zero-order chi connectivity index (χ0) is 14.8. The number of hydrogen-bond donors (Lipinski definition) is 0. The van der Waals surface area contributed by atoms with Crippen LogP contribution in [0.1, 0.15) is 5.56 Å². The van der Waals surface area contributed by atoms with Gasteiger partial charge >= 0.3 is 0 Å². The molecule has 102 valence electrons. The van der Waals surface area contributed by atoms with Gasteiger partial charge in [-0.15, -0.1) is 0 Å². The van der Waals surface area contributed by atoms with Gasteiger partial charge in [-0.25, -0.2) is 4.39 Å². The summed E-state index contributed by atoms with van der Waals surface area (Å²) in [6.07, 6.45) is 0. The number of halogens is 2. The van der Waals surface area contributed by atoms with Gasteiger partial charge in [0.1, 0.15) is 5.75 Å². The van der Waals surface area contributed by atoms with E-state index in [1.165, 1.54) is 12.1 Å². The molecule has 0 aliphatic carbocycles. The monoisotopic (exact) mass is 297 g/mol. The normalized spacial score (nSPS) is 10.3. The summed E-state index contributed by atoms with van der Waals surface area (Å²) in [6.45, 7) is 0. The molecule has 3 rings (SSSR count). The molecule has 0 fully saturated rings. The highest BCUT2D eigenvalue weighted by atomic mass is 35.5. The van der Waals surface area contributed by atoms with Gasteiger partial charge in [-0.3, -0.25) is 0 Å². The van der Waals surface area contributed by atoms with Crippen LogP contribution in [0.25, 0.3) is 10.8 Å². The van der Waals surface area contributed by atoms with E-state index in [2.05, 4.69) is 6.07 Å². The molecule has 0 heterocycles. The lowest BCUT2D eigenvalue weighted by molar-refractivity contribution is 0.446. The van der Waals surface area contributed by atoms with Crippen LogP contribution in [0.5, 0.6) is 11.5 Å². The van der Waals surface area contributed by atoms with Crippen molar-refractivity contribution in [3.05, 3.63) is 71.0 Å². The van der Waals surface area contributed by atoms with Crippen LogP contribution < -0.4 is 4.74 Å². The molecule has 21 heavy (non-hydrogen) atoms. The fourth-order valence-corrected chi connectivity index (χ4v) is 2.31. The Morgan fingerprint density at radius 1 is 0.905 bits per heavy atom. The first-order chi connectivity index (χ1) is 10.2. The summed E-state index contributed by atoms with van der Waals surface area (Å²) < 4.78 is 19.6.